The van der Waals surface area contributed by atoms with E-state index in [9.17, 15) is 0 Å². The number of ether oxygens (including phenoxy) is 1. The third-order valence-corrected chi connectivity index (χ3v) is 4.85. The number of hydrogen-bond acceptors (Lipinski definition) is 3. The van der Waals surface area contributed by atoms with Gasteiger partial charge in [0.15, 0.2) is 0 Å². The molecule has 1 N–H and O–H groups in total. The summed E-state index contributed by atoms with van der Waals surface area (Å²) in [5.41, 5.74) is 3.60. The Balaban J connectivity index is 2.58. The summed E-state index contributed by atoms with van der Waals surface area (Å²) in [4.78, 5) is 0. The van der Waals surface area contributed by atoms with Gasteiger partial charge in [0.2, 0.25) is 0 Å². The lowest BCUT2D eigenvalue weighted by Crippen LogP contribution is -2.23. The fraction of sp³-hybridized carbons (Fsp3) is 0.333. The molecule has 5 heteroatoms. The maximum absolute atomic E-state index is 6.21. The van der Waals surface area contributed by atoms with E-state index in [1.54, 1.807) is 18.4 Å². The standard InChI is InChI=1S/C15H17BrClNOS/c1-4-18-14(12-8-20-7-9(12)2)11-5-10(17)6-13(16)15(11)19-3/h5-8,14,18H,4H2,1-3H3. The molecule has 1 aromatic heterocycles. The first-order valence-corrected chi connectivity index (χ1v) is 8.48. The molecule has 1 heterocycles. The molecular formula is C15H17BrClNOS. The summed E-state index contributed by atoms with van der Waals surface area (Å²) >= 11 is 11.4. The van der Waals surface area contributed by atoms with Gasteiger partial charge in [-0.1, -0.05) is 18.5 Å². The zero-order valence-corrected chi connectivity index (χ0v) is 14.8. The lowest BCUT2D eigenvalue weighted by atomic mass is 9.97. The first-order chi connectivity index (χ1) is 9.58. The number of benzene rings is 1. The fourth-order valence-corrected chi connectivity index (χ4v) is 4.14. The third-order valence-electron chi connectivity index (χ3n) is 3.17. The summed E-state index contributed by atoms with van der Waals surface area (Å²) in [6, 6.07) is 3.90. The number of halogens is 2. The Morgan fingerprint density at radius 1 is 1.35 bits per heavy atom. The van der Waals surface area contributed by atoms with Crippen molar-refractivity contribution in [2.24, 2.45) is 0 Å². The van der Waals surface area contributed by atoms with Crippen LogP contribution in [-0.4, -0.2) is 13.7 Å². The zero-order chi connectivity index (χ0) is 14.7. The van der Waals surface area contributed by atoms with Crippen LogP contribution in [0.25, 0.3) is 0 Å². The van der Waals surface area contributed by atoms with Gasteiger partial charge in [-0.05, 0) is 63.4 Å². The molecule has 1 unspecified atom stereocenters. The van der Waals surface area contributed by atoms with E-state index in [2.05, 4.69) is 45.9 Å². The van der Waals surface area contributed by atoms with E-state index in [1.807, 2.05) is 12.1 Å². The fourth-order valence-electron chi connectivity index (χ4n) is 2.27. The molecule has 0 radical (unpaired) electrons. The lowest BCUT2D eigenvalue weighted by molar-refractivity contribution is 0.401. The van der Waals surface area contributed by atoms with Crippen molar-refractivity contribution in [1.29, 1.82) is 0 Å². The Labute approximate surface area is 137 Å². The van der Waals surface area contributed by atoms with Crippen LogP contribution in [-0.2, 0) is 0 Å². The molecule has 0 aliphatic carbocycles. The number of nitrogens with one attached hydrogen (secondary N) is 1. The second kappa shape index (κ2) is 6.94. The average Bonchev–Trinajstić information content (AvgIpc) is 2.81. The Bertz CT molecular complexity index is 600. The highest BCUT2D eigenvalue weighted by molar-refractivity contribution is 9.10. The van der Waals surface area contributed by atoms with Crippen LogP contribution in [0.2, 0.25) is 5.02 Å². The van der Waals surface area contributed by atoms with Crippen molar-refractivity contribution in [3.63, 3.8) is 0 Å². The van der Waals surface area contributed by atoms with Gasteiger partial charge < -0.3 is 10.1 Å². The molecule has 0 amide bonds. The first-order valence-electron chi connectivity index (χ1n) is 6.37. The van der Waals surface area contributed by atoms with Gasteiger partial charge in [0.25, 0.3) is 0 Å². The van der Waals surface area contributed by atoms with E-state index in [-0.39, 0.29) is 6.04 Å². The molecule has 1 aromatic carbocycles. The van der Waals surface area contributed by atoms with Crippen LogP contribution in [0.15, 0.2) is 27.4 Å². The van der Waals surface area contributed by atoms with E-state index < -0.39 is 0 Å². The Hall–Kier alpha value is -0.550. The summed E-state index contributed by atoms with van der Waals surface area (Å²) < 4.78 is 6.43. The van der Waals surface area contributed by atoms with Crippen molar-refractivity contribution in [2.75, 3.05) is 13.7 Å². The van der Waals surface area contributed by atoms with Crippen LogP contribution in [0.5, 0.6) is 5.75 Å². The van der Waals surface area contributed by atoms with E-state index in [0.717, 1.165) is 22.3 Å². The summed E-state index contributed by atoms with van der Waals surface area (Å²) in [5, 5.41) is 8.55. The van der Waals surface area contributed by atoms with Crippen molar-refractivity contribution < 1.29 is 4.74 Å². The monoisotopic (exact) mass is 373 g/mol. The molecule has 0 fully saturated rings. The molecule has 2 aromatic rings. The van der Waals surface area contributed by atoms with Gasteiger partial charge in [0.1, 0.15) is 5.75 Å². The van der Waals surface area contributed by atoms with E-state index in [1.165, 1.54) is 11.1 Å². The van der Waals surface area contributed by atoms with E-state index in [0.29, 0.717) is 5.02 Å². The number of hydrogen-bond donors (Lipinski definition) is 1. The minimum Gasteiger partial charge on any atom is -0.495 e. The first kappa shape index (κ1) is 15.8. The average molecular weight is 375 g/mol. The highest BCUT2D eigenvalue weighted by atomic mass is 79.9. The maximum atomic E-state index is 6.21. The van der Waals surface area contributed by atoms with Gasteiger partial charge in [-0.15, -0.1) is 0 Å². The lowest BCUT2D eigenvalue weighted by Gasteiger charge is -2.22. The van der Waals surface area contributed by atoms with Crippen molar-refractivity contribution in [3.8, 4) is 5.75 Å². The topological polar surface area (TPSA) is 21.3 Å². The molecule has 108 valence electrons. The molecule has 0 saturated carbocycles. The van der Waals surface area contributed by atoms with Crippen LogP contribution in [0.1, 0.15) is 29.7 Å². The quantitative estimate of drug-likeness (QED) is 0.778. The van der Waals surface area contributed by atoms with Crippen molar-refractivity contribution in [1.82, 2.24) is 5.32 Å². The van der Waals surface area contributed by atoms with Crippen LogP contribution < -0.4 is 10.1 Å². The molecule has 0 bridgehead atoms. The van der Waals surface area contributed by atoms with Crippen LogP contribution in [0, 0.1) is 6.92 Å². The smallest absolute Gasteiger partial charge is 0.138 e. The molecule has 0 saturated heterocycles. The van der Waals surface area contributed by atoms with Gasteiger partial charge in [0.05, 0.1) is 17.6 Å². The Morgan fingerprint density at radius 2 is 2.10 bits per heavy atom. The van der Waals surface area contributed by atoms with Crippen LogP contribution in [0.3, 0.4) is 0 Å². The van der Waals surface area contributed by atoms with Crippen LogP contribution in [0.4, 0.5) is 0 Å². The van der Waals surface area contributed by atoms with Gasteiger partial charge in [-0.3, -0.25) is 0 Å². The van der Waals surface area contributed by atoms with Gasteiger partial charge in [0, 0.05) is 10.6 Å². The normalized spacial score (nSPS) is 12.4. The molecule has 1 atom stereocenters. The Morgan fingerprint density at radius 3 is 2.65 bits per heavy atom. The second-order valence-corrected chi connectivity index (χ2v) is 6.55. The molecular weight excluding hydrogens is 358 g/mol. The summed E-state index contributed by atoms with van der Waals surface area (Å²) in [6.07, 6.45) is 0. The predicted octanol–water partition coefficient (Wildman–Crippen LogP) is 5.18. The minimum atomic E-state index is 0.0798. The van der Waals surface area contributed by atoms with Gasteiger partial charge >= 0.3 is 0 Å². The SMILES string of the molecule is CCNC(c1cscc1C)c1cc(Cl)cc(Br)c1OC. The number of aryl methyl sites for hydroxylation is 1. The highest BCUT2D eigenvalue weighted by Crippen LogP contribution is 2.39. The summed E-state index contributed by atoms with van der Waals surface area (Å²) in [7, 11) is 1.68. The zero-order valence-electron chi connectivity index (χ0n) is 11.7. The largest absolute Gasteiger partial charge is 0.495 e. The van der Waals surface area contributed by atoms with Crippen molar-refractivity contribution in [3.05, 3.63) is 49.1 Å². The van der Waals surface area contributed by atoms with Crippen LogP contribution >= 0.6 is 38.9 Å². The van der Waals surface area contributed by atoms with E-state index >= 15 is 0 Å². The molecule has 2 nitrogen and oxygen atoms in total. The second-order valence-electron chi connectivity index (χ2n) is 4.51. The van der Waals surface area contributed by atoms with Gasteiger partial charge in [-0.25, -0.2) is 0 Å². The summed E-state index contributed by atoms with van der Waals surface area (Å²) in [6.45, 7) is 5.09. The third kappa shape index (κ3) is 3.19. The number of thiophene rings is 1. The molecule has 0 spiro atoms. The highest BCUT2D eigenvalue weighted by Gasteiger charge is 2.22. The molecule has 0 aliphatic heterocycles. The molecule has 0 aliphatic rings. The molecule has 20 heavy (non-hydrogen) atoms. The van der Waals surface area contributed by atoms with Crippen molar-refractivity contribution >= 4 is 38.9 Å². The molecule has 2 rings (SSSR count). The minimum absolute atomic E-state index is 0.0798. The number of methoxy groups -OCH3 is 1. The van der Waals surface area contributed by atoms with Gasteiger partial charge in [-0.2, -0.15) is 11.3 Å². The van der Waals surface area contributed by atoms with E-state index in [4.69, 9.17) is 16.3 Å². The summed E-state index contributed by atoms with van der Waals surface area (Å²) in [5.74, 6) is 0.825. The predicted molar refractivity (Wildman–Crippen MR) is 90.3 cm³/mol. The maximum Gasteiger partial charge on any atom is 0.138 e. The van der Waals surface area contributed by atoms with Crippen molar-refractivity contribution in [2.45, 2.75) is 19.9 Å². The Kier molecular flexibility index (Phi) is 5.49. The number of rotatable bonds is 5.